The van der Waals surface area contributed by atoms with Crippen molar-refractivity contribution in [3.63, 3.8) is 0 Å². The van der Waals surface area contributed by atoms with Gasteiger partial charge < -0.3 is 19.3 Å². The summed E-state index contributed by atoms with van der Waals surface area (Å²) in [6.07, 6.45) is 1.45. The van der Waals surface area contributed by atoms with Gasteiger partial charge in [0.1, 0.15) is 41.1 Å². The molecule has 49 heavy (non-hydrogen) atoms. The van der Waals surface area contributed by atoms with E-state index in [2.05, 4.69) is 11.6 Å². The number of Topliss-reactive ketones (excluding diaryl/α,β-unsaturated/α-hetero) is 1. The number of benzene rings is 4. The lowest BCUT2D eigenvalue weighted by Gasteiger charge is -2.23. The van der Waals surface area contributed by atoms with Crippen molar-refractivity contribution in [1.29, 1.82) is 0 Å². The van der Waals surface area contributed by atoms with Gasteiger partial charge in [0.05, 0.1) is 17.3 Å². The van der Waals surface area contributed by atoms with Gasteiger partial charge in [0, 0.05) is 5.56 Å². The number of thiazole rings is 1. The van der Waals surface area contributed by atoms with Crippen LogP contribution in [0.3, 0.4) is 0 Å². The third-order valence-corrected chi connectivity index (χ3v) is 8.86. The maximum Gasteiger partial charge on any atom is 0.350 e. The summed E-state index contributed by atoms with van der Waals surface area (Å²) in [7, 11) is 0. The molecule has 2 heterocycles. The maximum absolute atomic E-state index is 13.8. The molecule has 1 atom stereocenters. The Balaban J connectivity index is 1.39. The quantitative estimate of drug-likeness (QED) is 0.0492. The summed E-state index contributed by atoms with van der Waals surface area (Å²) in [5, 5.41) is 11.8. The Morgan fingerprint density at radius 1 is 0.918 bits per heavy atom. The van der Waals surface area contributed by atoms with E-state index >= 15 is 0 Å². The van der Waals surface area contributed by atoms with Crippen LogP contribution in [0.5, 0.6) is 17.2 Å². The number of aliphatic hydroxyl groups excluding tert-OH is 1. The average Bonchev–Trinajstić information content (AvgIpc) is 3.62. The number of anilines is 1. The minimum atomic E-state index is -1.10. The van der Waals surface area contributed by atoms with E-state index < -0.39 is 23.7 Å². The first-order valence-corrected chi connectivity index (χ1v) is 16.2. The molecule has 5 aromatic rings. The number of ether oxygens (including phenoxy) is 3. The van der Waals surface area contributed by atoms with Crippen molar-refractivity contribution in [3.8, 4) is 17.2 Å². The molecule has 6 rings (SSSR count). The van der Waals surface area contributed by atoms with Crippen molar-refractivity contribution in [2.45, 2.75) is 26.5 Å². The topological polar surface area (TPSA) is 115 Å². The summed E-state index contributed by atoms with van der Waals surface area (Å²) in [5.41, 5.74) is 3.12. The van der Waals surface area contributed by atoms with Crippen LogP contribution in [0, 0.1) is 13.8 Å². The summed E-state index contributed by atoms with van der Waals surface area (Å²) in [4.78, 5) is 46.2. The lowest BCUT2D eigenvalue weighted by molar-refractivity contribution is -0.132. The van der Waals surface area contributed by atoms with E-state index in [1.165, 1.54) is 11.0 Å². The Hall–Kier alpha value is -6.00. The number of hydrogen-bond donors (Lipinski definition) is 1. The van der Waals surface area contributed by atoms with E-state index in [4.69, 9.17) is 14.2 Å². The van der Waals surface area contributed by atoms with E-state index in [9.17, 15) is 19.5 Å². The van der Waals surface area contributed by atoms with Crippen molar-refractivity contribution in [2.24, 2.45) is 0 Å². The van der Waals surface area contributed by atoms with Gasteiger partial charge in [-0.2, -0.15) is 0 Å². The predicted molar refractivity (Wildman–Crippen MR) is 187 cm³/mol. The minimum Gasteiger partial charge on any atom is -0.507 e. The standard InChI is InChI=1S/C39H32N2O7S/c1-4-20-46-38(45)36-25(3)40-39(49-36)41-33(28-12-9-15-31(22-28)48-30-13-6-5-7-14-30)32(35(43)37(41)44)34(42)27-16-18-29(19-17-27)47-23-26-11-8-10-24(2)21-26/h4-19,21-22,33,42H,1,20,23H2,2-3H3/b34-32+. The van der Waals surface area contributed by atoms with Gasteiger partial charge in [-0.1, -0.05) is 84.2 Å². The van der Waals surface area contributed by atoms with Gasteiger partial charge in [-0.15, -0.1) is 0 Å². The van der Waals surface area contributed by atoms with Gasteiger partial charge in [0.2, 0.25) is 0 Å². The molecule has 1 aliphatic rings. The van der Waals surface area contributed by atoms with Crippen LogP contribution in [-0.4, -0.2) is 34.4 Å². The number of amides is 1. The molecule has 1 aromatic heterocycles. The largest absolute Gasteiger partial charge is 0.507 e. The van der Waals surface area contributed by atoms with Crippen molar-refractivity contribution in [2.75, 3.05) is 11.5 Å². The molecule has 1 saturated heterocycles. The normalized spacial score (nSPS) is 15.2. The minimum absolute atomic E-state index is 0.0000166. The first kappa shape index (κ1) is 32.9. The summed E-state index contributed by atoms with van der Waals surface area (Å²) in [6.45, 7) is 7.55. The average molecular weight is 673 g/mol. The fraction of sp³-hybridized carbons (Fsp3) is 0.128. The van der Waals surface area contributed by atoms with Crippen LogP contribution in [0.15, 0.2) is 121 Å². The maximum atomic E-state index is 13.8. The molecular weight excluding hydrogens is 641 g/mol. The van der Waals surface area contributed by atoms with Crippen molar-refractivity contribution in [3.05, 3.63) is 154 Å². The third-order valence-electron chi connectivity index (χ3n) is 7.72. The molecule has 0 saturated carbocycles. The molecule has 0 radical (unpaired) electrons. The highest BCUT2D eigenvalue weighted by molar-refractivity contribution is 7.17. The number of hydrogen-bond acceptors (Lipinski definition) is 9. The van der Waals surface area contributed by atoms with Crippen LogP contribution < -0.4 is 14.4 Å². The second-order valence-electron chi connectivity index (χ2n) is 11.3. The smallest absolute Gasteiger partial charge is 0.350 e. The molecule has 1 aliphatic heterocycles. The van der Waals surface area contributed by atoms with Crippen molar-refractivity contribution in [1.82, 2.24) is 4.98 Å². The second kappa shape index (κ2) is 14.4. The van der Waals surface area contributed by atoms with Gasteiger partial charge in [0.25, 0.3) is 5.78 Å². The molecular formula is C39H32N2O7S. The molecule has 0 bridgehead atoms. The van der Waals surface area contributed by atoms with Crippen molar-refractivity contribution >= 4 is 39.9 Å². The fourth-order valence-corrected chi connectivity index (χ4v) is 6.41. The van der Waals surface area contributed by atoms with Crippen molar-refractivity contribution < 1.29 is 33.7 Å². The van der Waals surface area contributed by atoms with Gasteiger partial charge in [0.15, 0.2) is 5.13 Å². The number of para-hydroxylation sites is 1. The first-order valence-electron chi connectivity index (χ1n) is 15.4. The Kier molecular flexibility index (Phi) is 9.68. The molecule has 246 valence electrons. The SMILES string of the molecule is C=CCOC(=O)c1sc(N2C(=O)C(=O)/C(=C(/O)c3ccc(OCc4cccc(C)c4)cc3)C2c2cccc(Oc3ccccc3)c2)nc1C. The second-order valence-corrected chi connectivity index (χ2v) is 12.2. The van der Waals surface area contributed by atoms with Gasteiger partial charge in [-0.25, -0.2) is 9.78 Å². The fourth-order valence-electron chi connectivity index (χ4n) is 5.43. The van der Waals surface area contributed by atoms with Crippen LogP contribution in [0.4, 0.5) is 5.13 Å². The number of aliphatic hydroxyl groups is 1. The zero-order valence-corrected chi connectivity index (χ0v) is 27.6. The lowest BCUT2D eigenvalue weighted by Crippen LogP contribution is -2.29. The highest BCUT2D eigenvalue weighted by Crippen LogP contribution is 2.45. The van der Waals surface area contributed by atoms with Gasteiger partial charge in [-0.05, 0) is 73.5 Å². The predicted octanol–water partition coefficient (Wildman–Crippen LogP) is 8.10. The molecule has 10 heteroatoms. The van der Waals surface area contributed by atoms with E-state index in [0.29, 0.717) is 40.7 Å². The zero-order chi connectivity index (χ0) is 34.5. The number of carbonyl (C=O) groups excluding carboxylic acids is 3. The van der Waals surface area contributed by atoms with E-state index in [0.717, 1.165) is 22.5 Å². The number of rotatable bonds is 11. The molecule has 1 fully saturated rings. The third kappa shape index (κ3) is 7.14. The van der Waals surface area contributed by atoms with E-state index in [1.54, 1.807) is 67.6 Å². The molecule has 1 amide bonds. The molecule has 4 aromatic carbocycles. The monoisotopic (exact) mass is 672 g/mol. The number of aryl methyl sites for hydroxylation is 2. The highest BCUT2D eigenvalue weighted by atomic mass is 32.1. The summed E-state index contributed by atoms with van der Waals surface area (Å²) >= 11 is 0.923. The van der Waals surface area contributed by atoms with Crippen LogP contribution in [0.2, 0.25) is 0 Å². The Labute approximate surface area is 287 Å². The number of aromatic nitrogens is 1. The number of esters is 1. The molecule has 0 spiro atoms. The van der Waals surface area contributed by atoms with Crippen LogP contribution in [0.25, 0.3) is 5.76 Å². The Morgan fingerprint density at radius 3 is 2.39 bits per heavy atom. The van der Waals surface area contributed by atoms with E-state index in [-0.39, 0.29) is 27.9 Å². The Bertz CT molecular complexity index is 2070. The van der Waals surface area contributed by atoms with Gasteiger partial charge in [-0.3, -0.25) is 14.5 Å². The Morgan fingerprint density at radius 2 is 1.65 bits per heavy atom. The molecule has 0 aliphatic carbocycles. The zero-order valence-electron chi connectivity index (χ0n) is 26.8. The number of nitrogens with zero attached hydrogens (tertiary/aromatic N) is 2. The van der Waals surface area contributed by atoms with Crippen LogP contribution in [-0.2, 0) is 20.9 Å². The van der Waals surface area contributed by atoms with Gasteiger partial charge >= 0.3 is 11.9 Å². The number of ketones is 1. The molecule has 9 nitrogen and oxygen atoms in total. The summed E-state index contributed by atoms with van der Waals surface area (Å²) in [6, 6.07) is 29.6. The highest BCUT2D eigenvalue weighted by Gasteiger charge is 2.48. The lowest BCUT2D eigenvalue weighted by atomic mass is 9.95. The summed E-state index contributed by atoms with van der Waals surface area (Å²) in [5.74, 6) is -1.19. The van der Waals surface area contributed by atoms with E-state index in [1.807, 2.05) is 49.4 Å². The number of carbonyl (C=O) groups is 3. The van der Waals surface area contributed by atoms with Crippen LogP contribution >= 0.6 is 11.3 Å². The first-order chi connectivity index (χ1) is 23.7. The molecule has 1 unspecified atom stereocenters. The van der Waals surface area contributed by atoms with Crippen LogP contribution in [0.1, 0.15) is 43.7 Å². The summed E-state index contributed by atoms with van der Waals surface area (Å²) < 4.78 is 17.2. The molecule has 1 N–H and O–H groups in total.